The number of methoxy groups -OCH3 is 1. The van der Waals surface area contributed by atoms with Crippen molar-refractivity contribution in [2.24, 2.45) is 0 Å². The van der Waals surface area contributed by atoms with Crippen LogP contribution in [0.2, 0.25) is 0 Å². The molecule has 3 aromatic rings. The third kappa shape index (κ3) is 4.22. The molecule has 2 unspecified atom stereocenters. The van der Waals surface area contributed by atoms with Crippen LogP contribution in [-0.2, 0) is 16.1 Å². The molecule has 0 saturated carbocycles. The maximum atomic E-state index is 13.6. The Labute approximate surface area is 179 Å². The van der Waals surface area contributed by atoms with Crippen LogP contribution in [0.5, 0.6) is 0 Å². The highest BCUT2D eigenvalue weighted by Crippen LogP contribution is 2.42. The number of hydrogen-bond acceptors (Lipinski definition) is 4. The molecule has 1 aliphatic heterocycles. The van der Waals surface area contributed by atoms with Crippen molar-refractivity contribution in [2.75, 3.05) is 20.3 Å². The van der Waals surface area contributed by atoms with Crippen molar-refractivity contribution in [1.82, 2.24) is 10.2 Å². The van der Waals surface area contributed by atoms with Crippen LogP contribution in [0.1, 0.15) is 39.2 Å². The van der Waals surface area contributed by atoms with Gasteiger partial charge in [-0.15, -0.1) is 0 Å². The van der Waals surface area contributed by atoms with Gasteiger partial charge in [-0.3, -0.25) is 9.59 Å². The molecule has 2 atom stereocenters. The van der Waals surface area contributed by atoms with Crippen molar-refractivity contribution in [3.63, 3.8) is 0 Å². The number of benzene rings is 2. The van der Waals surface area contributed by atoms with E-state index in [1.807, 2.05) is 6.07 Å². The fourth-order valence-electron chi connectivity index (χ4n) is 4.04. The lowest BCUT2D eigenvalue weighted by Gasteiger charge is -2.41. The van der Waals surface area contributed by atoms with Crippen LogP contribution in [0.3, 0.4) is 0 Å². The van der Waals surface area contributed by atoms with Gasteiger partial charge in [0.15, 0.2) is 0 Å². The SMILES string of the molecule is COCCN1C(=O)c2ccccc2C(C(=O)NCc2ccco2)C1c1ccc(F)cc1. The number of nitrogens with one attached hydrogen (secondary N) is 1. The van der Waals surface area contributed by atoms with Crippen LogP contribution < -0.4 is 5.32 Å². The molecule has 0 spiro atoms. The van der Waals surface area contributed by atoms with Gasteiger partial charge in [0.25, 0.3) is 5.91 Å². The number of rotatable bonds is 7. The summed E-state index contributed by atoms with van der Waals surface area (Å²) in [5, 5.41) is 2.92. The van der Waals surface area contributed by atoms with Crippen LogP contribution in [0, 0.1) is 5.82 Å². The lowest BCUT2D eigenvalue weighted by Crippen LogP contribution is -2.48. The van der Waals surface area contributed by atoms with Crippen molar-refractivity contribution < 1.29 is 23.1 Å². The highest BCUT2D eigenvalue weighted by Gasteiger charge is 2.43. The zero-order valence-corrected chi connectivity index (χ0v) is 17.1. The van der Waals surface area contributed by atoms with Gasteiger partial charge in [-0.25, -0.2) is 4.39 Å². The van der Waals surface area contributed by atoms with E-state index in [0.717, 1.165) is 0 Å². The lowest BCUT2D eigenvalue weighted by molar-refractivity contribution is -0.124. The average molecular weight is 422 g/mol. The predicted molar refractivity (Wildman–Crippen MR) is 112 cm³/mol. The number of fused-ring (bicyclic) bond motifs is 1. The van der Waals surface area contributed by atoms with Gasteiger partial charge in [-0.1, -0.05) is 30.3 Å². The minimum atomic E-state index is -0.675. The van der Waals surface area contributed by atoms with E-state index in [2.05, 4.69) is 5.32 Å². The van der Waals surface area contributed by atoms with Gasteiger partial charge in [0.05, 0.1) is 31.4 Å². The summed E-state index contributed by atoms with van der Waals surface area (Å²) in [7, 11) is 1.56. The molecule has 2 aromatic carbocycles. The topological polar surface area (TPSA) is 71.8 Å². The quantitative estimate of drug-likeness (QED) is 0.631. The van der Waals surface area contributed by atoms with E-state index in [1.165, 1.54) is 12.1 Å². The van der Waals surface area contributed by atoms with E-state index in [1.54, 1.807) is 60.7 Å². The number of carbonyl (C=O) groups is 2. The first kappa shape index (κ1) is 20.8. The summed E-state index contributed by atoms with van der Waals surface area (Å²) in [4.78, 5) is 28.4. The molecule has 31 heavy (non-hydrogen) atoms. The summed E-state index contributed by atoms with van der Waals surface area (Å²) in [6, 6.07) is 16.0. The van der Waals surface area contributed by atoms with Crippen LogP contribution in [0.25, 0.3) is 0 Å². The summed E-state index contributed by atoms with van der Waals surface area (Å²) in [5.74, 6) is -0.854. The van der Waals surface area contributed by atoms with E-state index in [4.69, 9.17) is 9.15 Å². The number of halogens is 1. The number of hydrogen-bond donors (Lipinski definition) is 1. The second kappa shape index (κ2) is 9.14. The number of amides is 2. The van der Waals surface area contributed by atoms with E-state index in [9.17, 15) is 14.0 Å². The molecule has 1 N–H and O–H groups in total. The summed E-state index contributed by atoms with van der Waals surface area (Å²) in [5.41, 5.74) is 1.81. The number of nitrogens with zero attached hydrogens (tertiary/aromatic N) is 1. The standard InChI is InChI=1S/C24H23FN2O4/c1-30-14-12-27-22(16-8-10-17(25)11-9-16)21(19-6-2-3-7-20(19)24(27)29)23(28)26-15-18-5-4-13-31-18/h2-11,13,21-22H,12,14-15H2,1H3,(H,26,28). The van der Waals surface area contributed by atoms with Gasteiger partial charge in [0.1, 0.15) is 11.6 Å². The van der Waals surface area contributed by atoms with Crippen LogP contribution in [0.4, 0.5) is 4.39 Å². The van der Waals surface area contributed by atoms with Crippen LogP contribution in [0.15, 0.2) is 71.3 Å². The third-order valence-corrected chi connectivity index (χ3v) is 5.49. The van der Waals surface area contributed by atoms with Crippen molar-refractivity contribution >= 4 is 11.8 Å². The number of carbonyl (C=O) groups excluding carboxylic acids is 2. The molecule has 1 aromatic heterocycles. The van der Waals surface area contributed by atoms with Crippen molar-refractivity contribution in [3.05, 3.63) is 95.2 Å². The first-order chi connectivity index (χ1) is 15.1. The molecule has 0 saturated heterocycles. The Bertz CT molecular complexity index is 1050. The zero-order chi connectivity index (χ0) is 21.8. The first-order valence-corrected chi connectivity index (χ1v) is 10.0. The summed E-state index contributed by atoms with van der Waals surface area (Å²) in [6.07, 6.45) is 1.55. The van der Waals surface area contributed by atoms with Gasteiger partial charge < -0.3 is 19.4 Å². The molecule has 2 amide bonds. The van der Waals surface area contributed by atoms with Gasteiger partial charge in [-0.2, -0.15) is 0 Å². The molecule has 4 rings (SSSR count). The van der Waals surface area contributed by atoms with Crippen molar-refractivity contribution in [1.29, 1.82) is 0 Å². The summed E-state index contributed by atoms with van der Waals surface area (Å²) >= 11 is 0. The predicted octanol–water partition coefficient (Wildman–Crippen LogP) is 3.66. The van der Waals surface area contributed by atoms with Gasteiger partial charge in [-0.05, 0) is 41.5 Å². The minimum absolute atomic E-state index is 0.183. The maximum Gasteiger partial charge on any atom is 0.254 e. The molecule has 160 valence electrons. The zero-order valence-electron chi connectivity index (χ0n) is 17.1. The van der Waals surface area contributed by atoms with E-state index in [0.29, 0.717) is 35.6 Å². The molecule has 6 nitrogen and oxygen atoms in total. The van der Waals surface area contributed by atoms with E-state index in [-0.39, 0.29) is 24.2 Å². The van der Waals surface area contributed by atoms with Crippen LogP contribution in [-0.4, -0.2) is 37.0 Å². The first-order valence-electron chi connectivity index (χ1n) is 10.0. The number of furan rings is 1. The smallest absolute Gasteiger partial charge is 0.254 e. The van der Waals surface area contributed by atoms with Gasteiger partial charge >= 0.3 is 0 Å². The summed E-state index contributed by atoms with van der Waals surface area (Å²) in [6.45, 7) is 0.840. The largest absolute Gasteiger partial charge is 0.467 e. The Morgan fingerprint density at radius 1 is 1.13 bits per heavy atom. The monoisotopic (exact) mass is 422 g/mol. The maximum absolute atomic E-state index is 13.6. The highest BCUT2D eigenvalue weighted by molar-refractivity contribution is 6.01. The summed E-state index contributed by atoms with van der Waals surface area (Å²) < 4.78 is 24.1. The third-order valence-electron chi connectivity index (χ3n) is 5.49. The molecule has 0 bridgehead atoms. The fourth-order valence-corrected chi connectivity index (χ4v) is 4.04. The van der Waals surface area contributed by atoms with E-state index < -0.39 is 12.0 Å². The molecule has 1 aliphatic rings. The Kier molecular flexibility index (Phi) is 6.13. The van der Waals surface area contributed by atoms with Crippen molar-refractivity contribution in [2.45, 2.75) is 18.5 Å². The lowest BCUT2D eigenvalue weighted by atomic mass is 9.79. The Balaban J connectivity index is 1.77. The highest BCUT2D eigenvalue weighted by atomic mass is 19.1. The Hall–Kier alpha value is -3.45. The molecular weight excluding hydrogens is 399 g/mol. The second-order valence-electron chi connectivity index (χ2n) is 7.35. The number of ether oxygens (including phenoxy) is 1. The van der Waals surface area contributed by atoms with Crippen LogP contribution >= 0.6 is 0 Å². The van der Waals surface area contributed by atoms with Crippen molar-refractivity contribution in [3.8, 4) is 0 Å². The minimum Gasteiger partial charge on any atom is -0.467 e. The average Bonchev–Trinajstić information content (AvgIpc) is 3.31. The van der Waals surface area contributed by atoms with E-state index >= 15 is 0 Å². The molecule has 7 heteroatoms. The Morgan fingerprint density at radius 2 is 1.90 bits per heavy atom. The second-order valence-corrected chi connectivity index (χ2v) is 7.35. The molecule has 0 fully saturated rings. The van der Waals surface area contributed by atoms with Gasteiger partial charge in [0, 0.05) is 19.2 Å². The Morgan fingerprint density at radius 3 is 2.61 bits per heavy atom. The molecular formula is C24H23FN2O4. The fraction of sp³-hybridized carbons (Fsp3) is 0.250. The van der Waals surface area contributed by atoms with Gasteiger partial charge in [0.2, 0.25) is 5.91 Å². The molecule has 2 heterocycles. The molecule has 0 radical (unpaired) electrons. The normalized spacial score (nSPS) is 18.0. The molecule has 0 aliphatic carbocycles.